The molecule has 2 N–H and O–H groups in total. The summed E-state index contributed by atoms with van der Waals surface area (Å²) < 4.78 is 5.16. The first-order valence-electron chi connectivity index (χ1n) is 7.03. The third-order valence-corrected chi connectivity index (χ3v) is 3.48. The van der Waals surface area contributed by atoms with Gasteiger partial charge in [0.25, 0.3) is 11.7 Å². The summed E-state index contributed by atoms with van der Waals surface area (Å²) in [7, 11) is 0. The maximum atomic E-state index is 12.1. The van der Waals surface area contributed by atoms with E-state index in [0.717, 1.165) is 25.1 Å². The molecule has 2 aromatic heterocycles. The van der Waals surface area contributed by atoms with Gasteiger partial charge < -0.3 is 15.2 Å². The van der Waals surface area contributed by atoms with Crippen LogP contribution in [0.3, 0.4) is 0 Å². The third kappa shape index (κ3) is 3.08. The largest absolute Gasteiger partial charge is 0.341 e. The molecule has 3 heterocycles. The Balaban J connectivity index is 1.65. The van der Waals surface area contributed by atoms with E-state index in [4.69, 9.17) is 4.52 Å². The predicted octanol–water partition coefficient (Wildman–Crippen LogP) is 1.38. The molecular formula is C14H17N5O2. The maximum Gasteiger partial charge on any atom is 0.293 e. The van der Waals surface area contributed by atoms with Crippen molar-refractivity contribution >= 4 is 5.91 Å². The molecule has 21 heavy (non-hydrogen) atoms. The SMILES string of the molecule is CC(NC(=O)c1noc(C2CCCN2)n1)c1ccccn1. The normalized spacial score (nSPS) is 19.4. The fourth-order valence-corrected chi connectivity index (χ4v) is 2.33. The van der Waals surface area contributed by atoms with E-state index in [1.54, 1.807) is 6.20 Å². The molecule has 0 saturated carbocycles. The molecule has 2 atom stereocenters. The van der Waals surface area contributed by atoms with Gasteiger partial charge in [0.05, 0.1) is 17.8 Å². The number of carbonyl (C=O) groups is 1. The fraction of sp³-hybridized carbons (Fsp3) is 0.429. The van der Waals surface area contributed by atoms with E-state index in [2.05, 4.69) is 25.8 Å². The van der Waals surface area contributed by atoms with Crippen LogP contribution in [0.2, 0.25) is 0 Å². The maximum absolute atomic E-state index is 12.1. The van der Waals surface area contributed by atoms with E-state index < -0.39 is 0 Å². The van der Waals surface area contributed by atoms with Crippen LogP contribution in [0.1, 0.15) is 54.1 Å². The van der Waals surface area contributed by atoms with Gasteiger partial charge in [-0.25, -0.2) is 0 Å². The van der Waals surface area contributed by atoms with Gasteiger partial charge in [-0.2, -0.15) is 4.98 Å². The van der Waals surface area contributed by atoms with Crippen molar-refractivity contribution in [2.24, 2.45) is 0 Å². The zero-order valence-corrected chi connectivity index (χ0v) is 11.7. The number of amides is 1. The minimum Gasteiger partial charge on any atom is -0.341 e. The molecule has 0 bridgehead atoms. The zero-order valence-electron chi connectivity index (χ0n) is 11.7. The van der Waals surface area contributed by atoms with Crippen LogP contribution in [0, 0.1) is 0 Å². The number of aromatic nitrogens is 3. The van der Waals surface area contributed by atoms with E-state index in [1.165, 1.54) is 0 Å². The number of hydrogen-bond donors (Lipinski definition) is 2. The summed E-state index contributed by atoms with van der Waals surface area (Å²) in [4.78, 5) is 20.5. The van der Waals surface area contributed by atoms with E-state index in [-0.39, 0.29) is 23.8 Å². The van der Waals surface area contributed by atoms with Crippen LogP contribution in [0.4, 0.5) is 0 Å². The highest BCUT2D eigenvalue weighted by atomic mass is 16.5. The molecule has 7 nitrogen and oxygen atoms in total. The lowest BCUT2D eigenvalue weighted by Crippen LogP contribution is -2.28. The lowest BCUT2D eigenvalue weighted by atomic mass is 10.2. The van der Waals surface area contributed by atoms with Crippen LogP contribution in [-0.4, -0.2) is 27.6 Å². The van der Waals surface area contributed by atoms with E-state index >= 15 is 0 Å². The average Bonchev–Trinajstić information content (AvgIpc) is 3.19. The number of carbonyl (C=O) groups excluding carboxylic acids is 1. The van der Waals surface area contributed by atoms with E-state index in [0.29, 0.717) is 5.89 Å². The summed E-state index contributed by atoms with van der Waals surface area (Å²) in [5.74, 6) is 0.172. The molecule has 1 amide bonds. The molecule has 7 heteroatoms. The summed E-state index contributed by atoms with van der Waals surface area (Å²) in [5.41, 5.74) is 0.784. The van der Waals surface area contributed by atoms with Gasteiger partial charge in [-0.15, -0.1) is 0 Å². The van der Waals surface area contributed by atoms with Crippen LogP contribution in [0.15, 0.2) is 28.9 Å². The number of rotatable bonds is 4. The lowest BCUT2D eigenvalue weighted by Gasteiger charge is -2.11. The Morgan fingerprint density at radius 1 is 1.52 bits per heavy atom. The molecule has 1 aliphatic rings. The Morgan fingerprint density at radius 2 is 2.43 bits per heavy atom. The molecule has 110 valence electrons. The van der Waals surface area contributed by atoms with Crippen LogP contribution in [0.25, 0.3) is 0 Å². The molecule has 2 aromatic rings. The van der Waals surface area contributed by atoms with Crippen LogP contribution >= 0.6 is 0 Å². The Morgan fingerprint density at radius 3 is 3.14 bits per heavy atom. The second kappa shape index (κ2) is 6.01. The first-order chi connectivity index (χ1) is 10.2. The van der Waals surface area contributed by atoms with E-state index in [9.17, 15) is 4.79 Å². The van der Waals surface area contributed by atoms with Crippen molar-refractivity contribution in [1.82, 2.24) is 25.8 Å². The van der Waals surface area contributed by atoms with Gasteiger partial charge >= 0.3 is 0 Å². The molecule has 2 unspecified atom stereocenters. The van der Waals surface area contributed by atoms with Gasteiger partial charge in [0.15, 0.2) is 0 Å². The Bertz CT molecular complexity index is 607. The second-order valence-electron chi connectivity index (χ2n) is 5.05. The fourth-order valence-electron chi connectivity index (χ4n) is 2.33. The molecule has 3 rings (SSSR count). The lowest BCUT2D eigenvalue weighted by molar-refractivity contribution is 0.0925. The van der Waals surface area contributed by atoms with Gasteiger partial charge in [0, 0.05) is 6.20 Å². The molecule has 0 radical (unpaired) electrons. The smallest absolute Gasteiger partial charge is 0.293 e. The molecule has 0 aliphatic carbocycles. The molecule has 1 saturated heterocycles. The van der Waals surface area contributed by atoms with Crippen molar-refractivity contribution in [2.45, 2.75) is 31.8 Å². The number of hydrogen-bond acceptors (Lipinski definition) is 6. The van der Waals surface area contributed by atoms with Gasteiger partial charge in [-0.3, -0.25) is 9.78 Å². The summed E-state index contributed by atoms with van der Waals surface area (Å²) in [6.45, 7) is 2.80. The van der Waals surface area contributed by atoms with Crippen molar-refractivity contribution in [2.75, 3.05) is 6.54 Å². The summed E-state index contributed by atoms with van der Waals surface area (Å²) in [6.07, 6.45) is 3.72. The van der Waals surface area contributed by atoms with Crippen molar-refractivity contribution in [3.63, 3.8) is 0 Å². The summed E-state index contributed by atoms with van der Waals surface area (Å²) >= 11 is 0. The topological polar surface area (TPSA) is 92.9 Å². The highest BCUT2D eigenvalue weighted by Crippen LogP contribution is 2.21. The van der Waals surface area contributed by atoms with Crippen molar-refractivity contribution in [3.05, 3.63) is 41.8 Å². The van der Waals surface area contributed by atoms with Crippen molar-refractivity contribution in [3.8, 4) is 0 Å². The van der Waals surface area contributed by atoms with Gasteiger partial charge in [0.1, 0.15) is 0 Å². The molecular weight excluding hydrogens is 270 g/mol. The average molecular weight is 287 g/mol. The standard InChI is InChI=1S/C14H17N5O2/c1-9(10-5-2-3-7-15-10)17-13(20)12-18-14(21-19-12)11-6-4-8-16-11/h2-3,5,7,9,11,16H,4,6,8H2,1H3,(H,17,20). The van der Waals surface area contributed by atoms with Gasteiger partial charge in [-0.05, 0) is 38.4 Å². The monoisotopic (exact) mass is 287 g/mol. The van der Waals surface area contributed by atoms with Crippen LogP contribution < -0.4 is 10.6 Å². The van der Waals surface area contributed by atoms with Crippen LogP contribution in [-0.2, 0) is 0 Å². The molecule has 0 spiro atoms. The zero-order chi connectivity index (χ0) is 14.7. The number of nitrogens with zero attached hydrogens (tertiary/aromatic N) is 3. The first-order valence-corrected chi connectivity index (χ1v) is 7.03. The third-order valence-electron chi connectivity index (χ3n) is 3.48. The number of nitrogens with one attached hydrogen (secondary N) is 2. The molecule has 0 aromatic carbocycles. The van der Waals surface area contributed by atoms with Gasteiger partial charge in [-0.1, -0.05) is 11.2 Å². The highest BCUT2D eigenvalue weighted by Gasteiger charge is 2.24. The first kappa shape index (κ1) is 13.7. The highest BCUT2D eigenvalue weighted by molar-refractivity contribution is 5.90. The number of pyridine rings is 1. The summed E-state index contributed by atoms with van der Waals surface area (Å²) in [6, 6.07) is 5.41. The molecule has 1 fully saturated rings. The predicted molar refractivity (Wildman–Crippen MR) is 74.4 cm³/mol. The van der Waals surface area contributed by atoms with Crippen molar-refractivity contribution in [1.29, 1.82) is 0 Å². The minimum absolute atomic E-state index is 0.0569. The Labute approximate surface area is 122 Å². The minimum atomic E-state index is -0.360. The van der Waals surface area contributed by atoms with Gasteiger partial charge in [0.2, 0.25) is 5.89 Å². The van der Waals surface area contributed by atoms with Crippen molar-refractivity contribution < 1.29 is 9.32 Å². The van der Waals surface area contributed by atoms with E-state index in [1.807, 2.05) is 25.1 Å². The summed E-state index contributed by atoms with van der Waals surface area (Å²) in [5, 5.41) is 9.81. The van der Waals surface area contributed by atoms with Crippen LogP contribution in [0.5, 0.6) is 0 Å². The Kier molecular flexibility index (Phi) is 3.92. The molecule has 1 aliphatic heterocycles. The Hall–Kier alpha value is -2.28. The quantitative estimate of drug-likeness (QED) is 0.882. The second-order valence-corrected chi connectivity index (χ2v) is 5.05.